The second kappa shape index (κ2) is 9.25. The molecule has 2 heterocycles. The highest BCUT2D eigenvalue weighted by Gasteiger charge is 2.36. The molecule has 4 rings (SSSR count). The van der Waals surface area contributed by atoms with E-state index in [0.717, 1.165) is 11.1 Å². The zero-order chi connectivity index (χ0) is 22.7. The summed E-state index contributed by atoms with van der Waals surface area (Å²) in [5, 5.41) is 0. The monoisotopic (exact) mass is 444 g/mol. The Kier molecular flexibility index (Phi) is 6.25. The summed E-state index contributed by atoms with van der Waals surface area (Å²) in [5.41, 5.74) is 1.54. The van der Waals surface area contributed by atoms with E-state index < -0.39 is 23.8 Å². The molecular formula is C23H24O9. The minimum atomic E-state index is -0.803. The molecule has 0 saturated carbocycles. The number of carbonyl (C=O) groups excluding carboxylic acids is 2. The van der Waals surface area contributed by atoms with Crippen LogP contribution in [0.2, 0.25) is 0 Å². The number of methoxy groups -OCH3 is 3. The predicted octanol–water partition coefficient (Wildman–Crippen LogP) is 2.52. The average molecular weight is 444 g/mol. The van der Waals surface area contributed by atoms with Crippen LogP contribution < -0.4 is 23.7 Å². The first-order valence-electron chi connectivity index (χ1n) is 10.0. The van der Waals surface area contributed by atoms with Crippen molar-refractivity contribution in [2.24, 2.45) is 11.8 Å². The van der Waals surface area contributed by atoms with E-state index in [1.807, 2.05) is 6.07 Å². The number of hydrogen-bond donors (Lipinski definition) is 0. The number of hydrogen-bond acceptors (Lipinski definition) is 9. The summed E-state index contributed by atoms with van der Waals surface area (Å²) in [7, 11) is 4.12. The zero-order valence-corrected chi connectivity index (χ0v) is 18.0. The standard InChI is InChI=1S/C23H24O9/c1-26-19-9-14(10-20-21(19)32-12-31-20)7-16(23(25)28-3)15(22(24)27-2)6-13-4-5-17-18(8-13)30-11-29-17/h4-5,8-10,15-16H,6-7,11-12H2,1-3H3/t15-,16-/m0/s1. The number of fused-ring (bicyclic) bond motifs is 2. The molecule has 0 unspecified atom stereocenters. The van der Waals surface area contributed by atoms with Crippen molar-refractivity contribution in [1.29, 1.82) is 0 Å². The molecule has 0 bridgehead atoms. The summed E-state index contributed by atoms with van der Waals surface area (Å²) in [4.78, 5) is 25.5. The van der Waals surface area contributed by atoms with Crippen LogP contribution in [0.3, 0.4) is 0 Å². The topological polar surface area (TPSA) is 98.8 Å². The lowest BCUT2D eigenvalue weighted by molar-refractivity contribution is -0.157. The van der Waals surface area contributed by atoms with Crippen molar-refractivity contribution < 1.29 is 42.7 Å². The Bertz CT molecular complexity index is 1020. The Hall–Kier alpha value is -3.62. The molecule has 0 spiro atoms. The molecule has 0 N–H and O–H groups in total. The van der Waals surface area contributed by atoms with Gasteiger partial charge in [-0.05, 0) is 48.2 Å². The largest absolute Gasteiger partial charge is 0.493 e. The Labute approximate surface area is 185 Å². The lowest BCUT2D eigenvalue weighted by Gasteiger charge is -2.24. The van der Waals surface area contributed by atoms with Crippen LogP contribution in [-0.4, -0.2) is 46.9 Å². The van der Waals surface area contributed by atoms with Gasteiger partial charge in [-0.1, -0.05) is 6.07 Å². The van der Waals surface area contributed by atoms with Crippen molar-refractivity contribution in [2.75, 3.05) is 34.9 Å². The molecule has 0 fully saturated rings. The first-order chi connectivity index (χ1) is 15.5. The van der Waals surface area contributed by atoms with Gasteiger partial charge in [0.2, 0.25) is 19.3 Å². The lowest BCUT2D eigenvalue weighted by atomic mass is 9.82. The summed E-state index contributed by atoms with van der Waals surface area (Å²) in [6, 6.07) is 8.95. The Morgan fingerprint density at radius 1 is 0.781 bits per heavy atom. The average Bonchev–Trinajstić information content (AvgIpc) is 3.48. The Balaban J connectivity index is 1.64. The highest BCUT2D eigenvalue weighted by molar-refractivity contribution is 5.82. The first-order valence-corrected chi connectivity index (χ1v) is 10.0. The molecule has 170 valence electrons. The maximum Gasteiger partial charge on any atom is 0.309 e. The molecule has 9 nitrogen and oxygen atoms in total. The molecule has 0 radical (unpaired) electrons. The van der Waals surface area contributed by atoms with E-state index in [1.54, 1.807) is 24.3 Å². The Morgan fingerprint density at radius 2 is 1.38 bits per heavy atom. The van der Waals surface area contributed by atoms with Gasteiger partial charge in [0, 0.05) is 0 Å². The van der Waals surface area contributed by atoms with Crippen LogP contribution in [0.4, 0.5) is 0 Å². The molecule has 2 aromatic carbocycles. The third kappa shape index (κ3) is 4.23. The molecule has 2 aliphatic rings. The second-order valence-electron chi connectivity index (χ2n) is 7.39. The van der Waals surface area contributed by atoms with Gasteiger partial charge in [-0.15, -0.1) is 0 Å². The van der Waals surface area contributed by atoms with Crippen molar-refractivity contribution in [3.8, 4) is 28.7 Å². The smallest absolute Gasteiger partial charge is 0.309 e. The second-order valence-corrected chi connectivity index (χ2v) is 7.39. The first kappa shape index (κ1) is 21.6. The van der Waals surface area contributed by atoms with Crippen LogP contribution in [0.5, 0.6) is 28.7 Å². The van der Waals surface area contributed by atoms with Gasteiger partial charge in [0.15, 0.2) is 23.0 Å². The van der Waals surface area contributed by atoms with E-state index in [0.29, 0.717) is 28.7 Å². The molecule has 0 saturated heterocycles. The van der Waals surface area contributed by atoms with Gasteiger partial charge in [-0.2, -0.15) is 0 Å². The van der Waals surface area contributed by atoms with Gasteiger partial charge in [0.05, 0.1) is 33.2 Å². The number of benzene rings is 2. The molecule has 2 aromatic rings. The van der Waals surface area contributed by atoms with Crippen molar-refractivity contribution >= 4 is 11.9 Å². The fraction of sp³-hybridized carbons (Fsp3) is 0.391. The minimum Gasteiger partial charge on any atom is -0.493 e. The lowest BCUT2D eigenvalue weighted by Crippen LogP contribution is -2.34. The van der Waals surface area contributed by atoms with E-state index in [2.05, 4.69) is 0 Å². The van der Waals surface area contributed by atoms with Gasteiger partial charge in [-0.25, -0.2) is 0 Å². The van der Waals surface area contributed by atoms with Crippen LogP contribution in [0.1, 0.15) is 11.1 Å². The van der Waals surface area contributed by atoms with E-state index in [4.69, 9.17) is 33.2 Å². The van der Waals surface area contributed by atoms with E-state index >= 15 is 0 Å². The normalized spacial score (nSPS) is 15.1. The van der Waals surface area contributed by atoms with E-state index in [9.17, 15) is 9.59 Å². The van der Waals surface area contributed by atoms with Gasteiger partial charge >= 0.3 is 11.9 Å². The molecule has 32 heavy (non-hydrogen) atoms. The van der Waals surface area contributed by atoms with Crippen molar-refractivity contribution in [2.45, 2.75) is 12.8 Å². The molecule has 2 aliphatic heterocycles. The summed E-state index contributed by atoms with van der Waals surface area (Å²) in [6.07, 6.45) is 0.467. The van der Waals surface area contributed by atoms with Crippen LogP contribution in [0.25, 0.3) is 0 Å². The predicted molar refractivity (Wildman–Crippen MR) is 110 cm³/mol. The van der Waals surface area contributed by atoms with Crippen molar-refractivity contribution in [3.63, 3.8) is 0 Å². The SMILES string of the molecule is COC(=O)[C@@H](Cc1ccc2c(c1)OCO2)[C@H](Cc1cc(OC)c2c(c1)OCO2)C(=O)OC. The van der Waals surface area contributed by atoms with Gasteiger partial charge in [0.1, 0.15) is 0 Å². The van der Waals surface area contributed by atoms with Gasteiger partial charge in [0.25, 0.3) is 0 Å². The highest BCUT2D eigenvalue weighted by atomic mass is 16.7. The van der Waals surface area contributed by atoms with Crippen LogP contribution in [-0.2, 0) is 31.9 Å². The molecule has 0 aliphatic carbocycles. The number of ether oxygens (including phenoxy) is 7. The number of esters is 2. The summed E-state index contributed by atoms with van der Waals surface area (Å²) in [5.74, 6) is 0.144. The summed E-state index contributed by atoms with van der Waals surface area (Å²) in [6.45, 7) is 0.237. The maximum absolute atomic E-state index is 12.8. The van der Waals surface area contributed by atoms with Gasteiger partial charge < -0.3 is 33.2 Å². The van der Waals surface area contributed by atoms with Crippen molar-refractivity contribution in [3.05, 3.63) is 41.5 Å². The molecule has 0 aromatic heterocycles. The molecule has 9 heteroatoms. The number of carbonyl (C=O) groups is 2. The fourth-order valence-corrected chi connectivity index (χ4v) is 3.96. The van der Waals surface area contributed by atoms with Crippen molar-refractivity contribution in [1.82, 2.24) is 0 Å². The summed E-state index contributed by atoms with van der Waals surface area (Å²) >= 11 is 0. The van der Waals surface area contributed by atoms with Crippen LogP contribution in [0.15, 0.2) is 30.3 Å². The third-order valence-corrected chi connectivity index (χ3v) is 5.56. The molecular weight excluding hydrogens is 420 g/mol. The van der Waals surface area contributed by atoms with E-state index in [-0.39, 0.29) is 26.4 Å². The molecule has 2 atom stereocenters. The van der Waals surface area contributed by atoms with E-state index in [1.165, 1.54) is 21.3 Å². The highest BCUT2D eigenvalue weighted by Crippen LogP contribution is 2.43. The maximum atomic E-state index is 12.8. The fourth-order valence-electron chi connectivity index (χ4n) is 3.96. The third-order valence-electron chi connectivity index (χ3n) is 5.56. The Morgan fingerprint density at radius 3 is 2.06 bits per heavy atom. The molecule has 0 amide bonds. The minimum absolute atomic E-state index is 0.0878. The summed E-state index contributed by atoms with van der Waals surface area (Å²) < 4.78 is 37.2. The van der Waals surface area contributed by atoms with Gasteiger partial charge in [-0.3, -0.25) is 9.59 Å². The number of rotatable bonds is 8. The quantitative estimate of drug-likeness (QED) is 0.569. The van der Waals surface area contributed by atoms with Crippen LogP contribution in [0, 0.1) is 11.8 Å². The zero-order valence-electron chi connectivity index (χ0n) is 18.0. The van der Waals surface area contributed by atoms with Crippen LogP contribution >= 0.6 is 0 Å².